The van der Waals surface area contributed by atoms with Crippen LogP contribution in [0.4, 0.5) is 10.3 Å². The Balaban J connectivity index is 1.18. The molecular formula is C28H22FN7. The Hall–Kier alpha value is -4.64. The summed E-state index contributed by atoms with van der Waals surface area (Å²) in [5.41, 5.74) is 3.36. The number of anilines is 1. The maximum absolute atomic E-state index is 13.3. The molecule has 7 nitrogen and oxygen atoms in total. The zero-order valence-electron chi connectivity index (χ0n) is 19.4. The molecule has 0 N–H and O–H groups in total. The molecule has 8 heteroatoms. The van der Waals surface area contributed by atoms with Crippen LogP contribution < -0.4 is 4.90 Å². The van der Waals surface area contributed by atoms with Gasteiger partial charge in [0.15, 0.2) is 5.82 Å². The Kier molecular flexibility index (Phi) is 5.80. The third-order valence-electron chi connectivity index (χ3n) is 6.41. The standard InChI is InChI=1S/C28H22FN7/c29-23-7-5-20(6-8-23)21-11-16-35(17-12-21)28-31-15-10-25(34-28)27-30-14-9-24(33-27)13-18-36-26-4-2-1-3-22(26)19-32-36/h1-10,14-15,19,21H,11-12,16-17H2. The van der Waals surface area contributed by atoms with Crippen LogP contribution in [0.3, 0.4) is 0 Å². The van der Waals surface area contributed by atoms with Gasteiger partial charge in [-0.15, -0.1) is 0 Å². The molecule has 6 rings (SSSR count). The second kappa shape index (κ2) is 9.55. The van der Waals surface area contributed by atoms with Crippen LogP contribution in [0.1, 0.15) is 30.0 Å². The van der Waals surface area contributed by atoms with E-state index in [0.29, 0.717) is 29.1 Å². The minimum Gasteiger partial charge on any atom is -0.341 e. The maximum Gasteiger partial charge on any atom is 0.225 e. The van der Waals surface area contributed by atoms with E-state index in [9.17, 15) is 4.39 Å². The molecule has 5 aromatic rings. The van der Waals surface area contributed by atoms with Crippen LogP contribution in [0.25, 0.3) is 22.4 Å². The second-order valence-electron chi connectivity index (χ2n) is 8.67. The molecule has 4 heterocycles. The lowest BCUT2D eigenvalue weighted by Gasteiger charge is -2.32. The topological polar surface area (TPSA) is 72.6 Å². The molecule has 176 valence electrons. The molecule has 3 aromatic heterocycles. The summed E-state index contributed by atoms with van der Waals surface area (Å²) in [7, 11) is 0. The lowest BCUT2D eigenvalue weighted by molar-refractivity contribution is 0.498. The normalized spacial score (nSPS) is 14.0. The molecule has 0 radical (unpaired) electrons. The van der Waals surface area contributed by atoms with Gasteiger partial charge in [0, 0.05) is 36.9 Å². The average Bonchev–Trinajstić information content (AvgIpc) is 3.36. The van der Waals surface area contributed by atoms with Crippen molar-refractivity contribution >= 4 is 16.9 Å². The van der Waals surface area contributed by atoms with Gasteiger partial charge < -0.3 is 4.90 Å². The van der Waals surface area contributed by atoms with E-state index in [1.54, 1.807) is 29.3 Å². The van der Waals surface area contributed by atoms with Crippen LogP contribution in [0.15, 0.2) is 79.3 Å². The number of benzene rings is 2. The molecule has 0 spiro atoms. The first-order chi connectivity index (χ1) is 17.7. The van der Waals surface area contributed by atoms with Crippen molar-refractivity contribution in [2.75, 3.05) is 18.0 Å². The van der Waals surface area contributed by atoms with Crippen molar-refractivity contribution in [3.05, 3.63) is 96.3 Å². The summed E-state index contributed by atoms with van der Waals surface area (Å²) >= 11 is 0. The predicted molar refractivity (Wildman–Crippen MR) is 136 cm³/mol. The van der Waals surface area contributed by atoms with E-state index in [1.165, 1.54) is 17.7 Å². The Morgan fingerprint density at radius 3 is 2.53 bits per heavy atom. The molecule has 1 aliphatic heterocycles. The molecular weight excluding hydrogens is 453 g/mol. The minimum atomic E-state index is -0.200. The Morgan fingerprint density at radius 2 is 1.67 bits per heavy atom. The summed E-state index contributed by atoms with van der Waals surface area (Å²) in [5.74, 6) is 4.44. The molecule has 0 aliphatic carbocycles. The lowest BCUT2D eigenvalue weighted by Crippen LogP contribution is -2.34. The number of hydrogen-bond acceptors (Lipinski definition) is 6. The Bertz CT molecular complexity index is 1580. The summed E-state index contributed by atoms with van der Waals surface area (Å²) in [4.78, 5) is 20.4. The van der Waals surface area contributed by atoms with Crippen molar-refractivity contribution in [3.63, 3.8) is 0 Å². The van der Waals surface area contributed by atoms with Crippen molar-refractivity contribution in [2.24, 2.45) is 0 Å². The van der Waals surface area contributed by atoms with Gasteiger partial charge in [-0.1, -0.05) is 30.3 Å². The van der Waals surface area contributed by atoms with Gasteiger partial charge in [-0.2, -0.15) is 9.78 Å². The highest BCUT2D eigenvalue weighted by molar-refractivity contribution is 5.79. The second-order valence-corrected chi connectivity index (χ2v) is 8.67. The molecule has 1 aliphatic rings. The van der Waals surface area contributed by atoms with Gasteiger partial charge in [0.25, 0.3) is 0 Å². The largest absolute Gasteiger partial charge is 0.341 e. The first kappa shape index (κ1) is 21.9. The molecule has 2 aromatic carbocycles. The Morgan fingerprint density at radius 1 is 0.861 bits per heavy atom. The first-order valence-corrected chi connectivity index (χ1v) is 11.8. The smallest absolute Gasteiger partial charge is 0.225 e. The van der Waals surface area contributed by atoms with Crippen LogP contribution >= 0.6 is 0 Å². The third kappa shape index (κ3) is 4.51. The van der Waals surface area contributed by atoms with Crippen LogP contribution in [-0.4, -0.2) is 42.8 Å². The number of aromatic nitrogens is 6. The first-order valence-electron chi connectivity index (χ1n) is 11.8. The summed E-state index contributed by atoms with van der Waals surface area (Å²) in [5, 5.41) is 5.37. The zero-order chi connectivity index (χ0) is 24.3. The van der Waals surface area contributed by atoms with Crippen molar-refractivity contribution < 1.29 is 4.39 Å². The number of nitrogens with zero attached hydrogens (tertiary/aromatic N) is 7. The third-order valence-corrected chi connectivity index (χ3v) is 6.41. The van der Waals surface area contributed by atoms with Gasteiger partial charge >= 0.3 is 0 Å². The van der Waals surface area contributed by atoms with Gasteiger partial charge in [-0.25, -0.2) is 24.3 Å². The van der Waals surface area contributed by atoms with Crippen molar-refractivity contribution in [3.8, 4) is 23.5 Å². The highest BCUT2D eigenvalue weighted by atomic mass is 19.1. The molecule has 0 atom stereocenters. The van der Waals surface area contributed by atoms with Gasteiger partial charge in [-0.3, -0.25) is 0 Å². The van der Waals surface area contributed by atoms with Crippen molar-refractivity contribution in [1.29, 1.82) is 0 Å². The van der Waals surface area contributed by atoms with Crippen molar-refractivity contribution in [2.45, 2.75) is 18.8 Å². The van der Waals surface area contributed by atoms with E-state index in [0.717, 1.165) is 36.8 Å². The van der Waals surface area contributed by atoms with E-state index < -0.39 is 0 Å². The van der Waals surface area contributed by atoms with E-state index in [4.69, 9.17) is 4.98 Å². The maximum atomic E-state index is 13.3. The highest BCUT2D eigenvalue weighted by Crippen LogP contribution is 2.29. The number of fused-ring (bicyclic) bond motifs is 1. The number of hydrogen-bond donors (Lipinski definition) is 0. The number of para-hydroxylation sites is 1. The number of halogens is 1. The van der Waals surface area contributed by atoms with Gasteiger partial charge in [0.1, 0.15) is 17.2 Å². The van der Waals surface area contributed by atoms with Crippen LogP contribution in [0.5, 0.6) is 0 Å². The fourth-order valence-electron chi connectivity index (χ4n) is 4.50. The summed E-state index contributed by atoms with van der Waals surface area (Å²) in [6, 6.07) is 21.4. The van der Waals surface area contributed by atoms with Gasteiger partial charge in [0.05, 0.1) is 11.7 Å². The van der Waals surface area contributed by atoms with Gasteiger partial charge in [0.2, 0.25) is 5.95 Å². The summed E-state index contributed by atoms with van der Waals surface area (Å²) < 4.78 is 14.9. The zero-order valence-corrected chi connectivity index (χ0v) is 19.4. The fourth-order valence-corrected chi connectivity index (χ4v) is 4.50. The average molecular weight is 476 g/mol. The SMILES string of the molecule is Fc1ccc(C2CCN(c3nccc(-c4nccc(C#Cn5ncc6ccccc65)n4)n3)CC2)cc1. The van der Waals surface area contributed by atoms with E-state index in [2.05, 4.69) is 36.9 Å². The lowest BCUT2D eigenvalue weighted by atomic mass is 9.89. The van der Waals surface area contributed by atoms with E-state index in [1.807, 2.05) is 42.5 Å². The van der Waals surface area contributed by atoms with Crippen LogP contribution in [0.2, 0.25) is 0 Å². The van der Waals surface area contributed by atoms with E-state index >= 15 is 0 Å². The van der Waals surface area contributed by atoms with Crippen LogP contribution in [-0.2, 0) is 0 Å². The number of rotatable bonds is 3. The predicted octanol–water partition coefficient (Wildman–Crippen LogP) is 4.66. The van der Waals surface area contributed by atoms with Crippen molar-refractivity contribution in [1.82, 2.24) is 29.7 Å². The van der Waals surface area contributed by atoms with Gasteiger partial charge in [-0.05, 0) is 60.6 Å². The molecule has 36 heavy (non-hydrogen) atoms. The minimum absolute atomic E-state index is 0.200. The van der Waals surface area contributed by atoms with E-state index in [-0.39, 0.29) is 5.82 Å². The molecule has 0 bridgehead atoms. The Labute approximate surface area is 207 Å². The highest BCUT2D eigenvalue weighted by Gasteiger charge is 2.22. The summed E-state index contributed by atoms with van der Waals surface area (Å²) in [6.07, 6.45) is 7.14. The summed E-state index contributed by atoms with van der Waals surface area (Å²) in [6.45, 7) is 1.66. The monoisotopic (exact) mass is 475 g/mol. The molecule has 0 saturated carbocycles. The number of piperidine rings is 1. The molecule has 1 fully saturated rings. The van der Waals surface area contributed by atoms with Crippen LogP contribution in [0, 0.1) is 17.8 Å². The molecule has 0 amide bonds. The molecule has 1 saturated heterocycles. The fraction of sp³-hybridized carbons (Fsp3) is 0.179. The quantitative estimate of drug-likeness (QED) is 0.353. The molecule has 0 unspecified atom stereocenters.